The maximum absolute atomic E-state index is 12.1. The Bertz CT molecular complexity index is 331. The van der Waals surface area contributed by atoms with E-state index in [-0.39, 0.29) is 24.1 Å². The van der Waals surface area contributed by atoms with Crippen molar-refractivity contribution in [2.45, 2.75) is 66.6 Å². The standard InChI is InChI=1S/C16H28O4/c1-7-8-9-10-14(16(18)20-12(4)5)13(6)15(17)19-11(2)3/h8-9,11-14H,7,10H2,1-6H3. The Kier molecular flexibility index (Phi) is 8.93. The second kappa shape index (κ2) is 9.56. The van der Waals surface area contributed by atoms with Gasteiger partial charge < -0.3 is 9.47 Å². The van der Waals surface area contributed by atoms with E-state index >= 15 is 0 Å². The van der Waals surface area contributed by atoms with Gasteiger partial charge >= 0.3 is 11.9 Å². The molecule has 0 amide bonds. The summed E-state index contributed by atoms with van der Waals surface area (Å²) in [6.07, 6.45) is 4.93. The Morgan fingerprint density at radius 1 is 0.900 bits per heavy atom. The van der Waals surface area contributed by atoms with E-state index in [1.807, 2.05) is 19.1 Å². The predicted octanol–water partition coefficient (Wildman–Crippen LogP) is 3.50. The first-order valence-corrected chi connectivity index (χ1v) is 7.35. The Morgan fingerprint density at radius 3 is 1.85 bits per heavy atom. The van der Waals surface area contributed by atoms with E-state index < -0.39 is 11.8 Å². The van der Waals surface area contributed by atoms with Crippen LogP contribution in [0.15, 0.2) is 12.2 Å². The van der Waals surface area contributed by atoms with Crippen molar-refractivity contribution in [3.8, 4) is 0 Å². The van der Waals surface area contributed by atoms with Gasteiger partial charge in [0.15, 0.2) is 0 Å². The molecular weight excluding hydrogens is 256 g/mol. The average Bonchev–Trinajstić information content (AvgIpc) is 2.32. The van der Waals surface area contributed by atoms with Crippen molar-refractivity contribution in [2.75, 3.05) is 0 Å². The zero-order chi connectivity index (χ0) is 15.7. The topological polar surface area (TPSA) is 52.6 Å². The quantitative estimate of drug-likeness (QED) is 0.505. The molecule has 0 aliphatic rings. The van der Waals surface area contributed by atoms with Gasteiger partial charge in [-0.05, 0) is 40.5 Å². The summed E-state index contributed by atoms with van der Waals surface area (Å²) in [6.45, 7) is 10.9. The van der Waals surface area contributed by atoms with Crippen LogP contribution in [0.1, 0.15) is 54.4 Å². The molecule has 4 nitrogen and oxygen atoms in total. The summed E-state index contributed by atoms with van der Waals surface area (Å²) >= 11 is 0. The highest BCUT2D eigenvalue weighted by Crippen LogP contribution is 2.21. The number of esters is 2. The van der Waals surface area contributed by atoms with Crippen LogP contribution >= 0.6 is 0 Å². The van der Waals surface area contributed by atoms with Gasteiger partial charge in [-0.2, -0.15) is 0 Å². The third-order valence-electron chi connectivity index (χ3n) is 2.77. The molecule has 0 rings (SSSR count). The number of hydrogen-bond acceptors (Lipinski definition) is 4. The Balaban J connectivity index is 4.85. The summed E-state index contributed by atoms with van der Waals surface area (Å²) in [5.41, 5.74) is 0. The van der Waals surface area contributed by atoms with Crippen molar-refractivity contribution in [3.05, 3.63) is 12.2 Å². The first-order chi connectivity index (χ1) is 9.29. The van der Waals surface area contributed by atoms with Crippen LogP contribution in [-0.2, 0) is 19.1 Å². The van der Waals surface area contributed by atoms with Gasteiger partial charge in [-0.15, -0.1) is 0 Å². The second-order valence-corrected chi connectivity index (χ2v) is 5.48. The van der Waals surface area contributed by atoms with E-state index in [4.69, 9.17) is 9.47 Å². The lowest BCUT2D eigenvalue weighted by molar-refractivity contribution is -0.164. The lowest BCUT2D eigenvalue weighted by Crippen LogP contribution is -2.32. The molecule has 0 N–H and O–H groups in total. The third kappa shape index (κ3) is 7.31. The lowest BCUT2D eigenvalue weighted by Gasteiger charge is -2.22. The van der Waals surface area contributed by atoms with E-state index in [1.54, 1.807) is 34.6 Å². The van der Waals surface area contributed by atoms with Crippen LogP contribution in [0.2, 0.25) is 0 Å². The van der Waals surface area contributed by atoms with Crippen LogP contribution in [-0.4, -0.2) is 24.1 Å². The molecule has 2 unspecified atom stereocenters. The SMILES string of the molecule is CCC=CCC(C(=O)OC(C)C)C(C)C(=O)OC(C)C. The van der Waals surface area contributed by atoms with Crippen molar-refractivity contribution in [1.29, 1.82) is 0 Å². The molecule has 0 radical (unpaired) electrons. The highest BCUT2D eigenvalue weighted by Gasteiger charge is 2.32. The summed E-state index contributed by atoms with van der Waals surface area (Å²) in [7, 11) is 0. The van der Waals surface area contributed by atoms with Crippen LogP contribution in [0.4, 0.5) is 0 Å². The second-order valence-electron chi connectivity index (χ2n) is 5.48. The molecule has 0 spiro atoms. The minimum Gasteiger partial charge on any atom is -0.463 e. The average molecular weight is 284 g/mol. The molecule has 0 saturated heterocycles. The fourth-order valence-corrected chi connectivity index (χ4v) is 1.74. The van der Waals surface area contributed by atoms with Crippen LogP contribution in [0.3, 0.4) is 0 Å². The van der Waals surface area contributed by atoms with Gasteiger partial charge in [0.05, 0.1) is 24.0 Å². The van der Waals surface area contributed by atoms with E-state index in [0.29, 0.717) is 6.42 Å². The lowest BCUT2D eigenvalue weighted by atomic mass is 9.90. The molecule has 4 heteroatoms. The minimum absolute atomic E-state index is 0.182. The number of ether oxygens (including phenoxy) is 2. The van der Waals surface area contributed by atoms with Crippen LogP contribution < -0.4 is 0 Å². The molecule has 0 heterocycles. The van der Waals surface area contributed by atoms with E-state index in [1.165, 1.54) is 0 Å². The molecule has 0 aliphatic carbocycles. The summed E-state index contributed by atoms with van der Waals surface area (Å²) in [5, 5.41) is 0. The highest BCUT2D eigenvalue weighted by atomic mass is 16.5. The molecular formula is C16H28O4. The van der Waals surface area contributed by atoms with E-state index in [9.17, 15) is 9.59 Å². The molecule has 20 heavy (non-hydrogen) atoms. The fraction of sp³-hybridized carbons (Fsp3) is 0.750. The predicted molar refractivity (Wildman–Crippen MR) is 79.2 cm³/mol. The van der Waals surface area contributed by atoms with E-state index in [2.05, 4.69) is 0 Å². The van der Waals surface area contributed by atoms with Gasteiger partial charge in [-0.25, -0.2) is 0 Å². The summed E-state index contributed by atoms with van der Waals surface area (Å²) in [5.74, 6) is -1.69. The summed E-state index contributed by atoms with van der Waals surface area (Å²) in [4.78, 5) is 24.1. The molecule has 0 aromatic rings. The summed E-state index contributed by atoms with van der Waals surface area (Å²) in [6, 6.07) is 0. The van der Waals surface area contributed by atoms with Crippen molar-refractivity contribution in [3.63, 3.8) is 0 Å². The first kappa shape index (κ1) is 18.7. The fourth-order valence-electron chi connectivity index (χ4n) is 1.74. The molecule has 0 bridgehead atoms. The minimum atomic E-state index is -0.509. The Labute approximate surface area is 122 Å². The molecule has 2 atom stereocenters. The molecule has 0 aromatic carbocycles. The maximum atomic E-state index is 12.1. The zero-order valence-electron chi connectivity index (χ0n) is 13.5. The van der Waals surface area contributed by atoms with Gasteiger partial charge in [0.2, 0.25) is 0 Å². The van der Waals surface area contributed by atoms with Gasteiger partial charge in [-0.1, -0.05) is 26.0 Å². The van der Waals surface area contributed by atoms with Gasteiger partial charge in [-0.3, -0.25) is 9.59 Å². The number of rotatable bonds is 8. The van der Waals surface area contributed by atoms with Crippen LogP contribution in [0.5, 0.6) is 0 Å². The van der Waals surface area contributed by atoms with Crippen LogP contribution in [0.25, 0.3) is 0 Å². The van der Waals surface area contributed by atoms with Crippen molar-refractivity contribution in [1.82, 2.24) is 0 Å². The van der Waals surface area contributed by atoms with E-state index in [0.717, 1.165) is 6.42 Å². The third-order valence-corrected chi connectivity index (χ3v) is 2.77. The highest BCUT2D eigenvalue weighted by molar-refractivity contribution is 5.82. The zero-order valence-corrected chi connectivity index (χ0v) is 13.5. The largest absolute Gasteiger partial charge is 0.463 e. The molecule has 0 saturated carbocycles. The molecule has 0 aromatic heterocycles. The van der Waals surface area contributed by atoms with Crippen LogP contribution in [0, 0.1) is 11.8 Å². The van der Waals surface area contributed by atoms with Gasteiger partial charge in [0.25, 0.3) is 0 Å². The Morgan fingerprint density at radius 2 is 1.40 bits per heavy atom. The molecule has 116 valence electrons. The number of carbonyl (C=O) groups excluding carboxylic acids is 2. The normalized spacial score (nSPS) is 14.6. The molecule has 0 fully saturated rings. The summed E-state index contributed by atoms with van der Waals surface area (Å²) < 4.78 is 10.4. The molecule has 0 aliphatic heterocycles. The maximum Gasteiger partial charge on any atom is 0.310 e. The van der Waals surface area contributed by atoms with Crippen molar-refractivity contribution in [2.24, 2.45) is 11.8 Å². The van der Waals surface area contributed by atoms with Gasteiger partial charge in [0.1, 0.15) is 0 Å². The van der Waals surface area contributed by atoms with Crippen molar-refractivity contribution < 1.29 is 19.1 Å². The first-order valence-electron chi connectivity index (χ1n) is 7.35. The number of allylic oxidation sites excluding steroid dienone is 2. The Hall–Kier alpha value is -1.32. The van der Waals surface area contributed by atoms with Gasteiger partial charge in [0, 0.05) is 0 Å². The monoisotopic (exact) mass is 284 g/mol. The van der Waals surface area contributed by atoms with Crippen molar-refractivity contribution >= 4 is 11.9 Å². The smallest absolute Gasteiger partial charge is 0.310 e. The number of hydrogen-bond donors (Lipinski definition) is 0. The number of carbonyl (C=O) groups is 2.